The van der Waals surface area contributed by atoms with Crippen molar-refractivity contribution < 1.29 is 4.79 Å². The van der Waals surface area contributed by atoms with Gasteiger partial charge in [0.2, 0.25) is 5.91 Å². The van der Waals surface area contributed by atoms with Crippen LogP contribution in [0, 0.1) is 5.41 Å². The smallest absolute Gasteiger partial charge is 0.227 e. The van der Waals surface area contributed by atoms with Gasteiger partial charge >= 0.3 is 0 Å². The van der Waals surface area contributed by atoms with E-state index in [1.807, 2.05) is 18.7 Å². The standard InChI is InChI=1S/C13H24N2OS/c1-12(6-3-5-10(12)14)11(16)15-9-13(17-2)7-4-8-13/h10H,3-9,14H2,1-2H3,(H,15,16). The summed E-state index contributed by atoms with van der Waals surface area (Å²) in [5.74, 6) is 0.169. The van der Waals surface area contributed by atoms with Crippen LogP contribution in [0.5, 0.6) is 0 Å². The van der Waals surface area contributed by atoms with E-state index in [9.17, 15) is 4.79 Å². The van der Waals surface area contributed by atoms with Gasteiger partial charge in [-0.05, 0) is 38.9 Å². The van der Waals surface area contributed by atoms with Crippen LogP contribution in [0.1, 0.15) is 45.4 Å². The summed E-state index contributed by atoms with van der Waals surface area (Å²) in [7, 11) is 0. The van der Waals surface area contributed by atoms with Crippen LogP contribution in [-0.4, -0.2) is 29.5 Å². The van der Waals surface area contributed by atoms with Crippen LogP contribution in [0.2, 0.25) is 0 Å². The monoisotopic (exact) mass is 256 g/mol. The number of hydrogen-bond donors (Lipinski definition) is 2. The molecule has 2 aliphatic rings. The molecule has 4 heteroatoms. The van der Waals surface area contributed by atoms with Crippen LogP contribution >= 0.6 is 11.8 Å². The molecule has 0 heterocycles. The predicted octanol–water partition coefficient (Wildman–Crippen LogP) is 1.91. The highest BCUT2D eigenvalue weighted by molar-refractivity contribution is 8.00. The molecule has 98 valence electrons. The van der Waals surface area contributed by atoms with Crippen molar-refractivity contribution in [1.82, 2.24) is 5.32 Å². The lowest BCUT2D eigenvalue weighted by atomic mass is 9.82. The number of carbonyl (C=O) groups is 1. The molecule has 0 aliphatic heterocycles. The Labute approximate surface area is 108 Å². The molecule has 0 aromatic rings. The summed E-state index contributed by atoms with van der Waals surface area (Å²) in [6.07, 6.45) is 8.92. The molecule has 2 saturated carbocycles. The number of nitrogens with two attached hydrogens (primary N) is 1. The SMILES string of the molecule is CSC1(CNC(=O)C2(C)CCCC2N)CCC1. The molecule has 1 amide bonds. The molecule has 2 fully saturated rings. The molecule has 3 N–H and O–H groups in total. The van der Waals surface area contributed by atoms with Gasteiger partial charge < -0.3 is 11.1 Å². The summed E-state index contributed by atoms with van der Waals surface area (Å²) in [5, 5.41) is 3.15. The van der Waals surface area contributed by atoms with E-state index < -0.39 is 0 Å². The molecule has 0 aromatic heterocycles. The van der Waals surface area contributed by atoms with Crippen molar-refractivity contribution in [3.8, 4) is 0 Å². The molecule has 0 saturated heterocycles. The van der Waals surface area contributed by atoms with Crippen molar-refractivity contribution in [3.05, 3.63) is 0 Å². The number of rotatable bonds is 4. The van der Waals surface area contributed by atoms with Gasteiger partial charge in [-0.25, -0.2) is 0 Å². The second-order valence-corrected chi connectivity index (χ2v) is 7.11. The molecule has 2 aliphatic carbocycles. The van der Waals surface area contributed by atoms with Crippen LogP contribution in [0.15, 0.2) is 0 Å². The van der Waals surface area contributed by atoms with Crippen LogP contribution in [0.3, 0.4) is 0 Å². The second kappa shape index (κ2) is 4.81. The normalized spacial score (nSPS) is 35.4. The Morgan fingerprint density at radius 3 is 2.53 bits per heavy atom. The van der Waals surface area contributed by atoms with Gasteiger partial charge in [0.25, 0.3) is 0 Å². The Balaban J connectivity index is 1.89. The topological polar surface area (TPSA) is 55.1 Å². The maximum absolute atomic E-state index is 12.3. The Morgan fingerprint density at radius 1 is 1.41 bits per heavy atom. The summed E-state index contributed by atoms with van der Waals surface area (Å²) in [6, 6.07) is 0.0362. The molecular weight excluding hydrogens is 232 g/mol. The van der Waals surface area contributed by atoms with Crippen molar-refractivity contribution in [2.24, 2.45) is 11.1 Å². The van der Waals surface area contributed by atoms with E-state index in [1.165, 1.54) is 19.3 Å². The Morgan fingerprint density at radius 2 is 2.12 bits per heavy atom. The van der Waals surface area contributed by atoms with E-state index in [0.29, 0.717) is 4.75 Å². The van der Waals surface area contributed by atoms with Crippen molar-refractivity contribution in [1.29, 1.82) is 0 Å². The van der Waals surface area contributed by atoms with Gasteiger partial charge in [-0.15, -0.1) is 0 Å². The van der Waals surface area contributed by atoms with Gasteiger partial charge in [0, 0.05) is 17.3 Å². The summed E-state index contributed by atoms with van der Waals surface area (Å²) < 4.78 is 0.314. The van der Waals surface area contributed by atoms with Crippen molar-refractivity contribution >= 4 is 17.7 Å². The fraction of sp³-hybridized carbons (Fsp3) is 0.923. The lowest BCUT2D eigenvalue weighted by Crippen LogP contribution is -2.52. The first kappa shape index (κ1) is 13.2. The zero-order valence-electron chi connectivity index (χ0n) is 10.9. The number of amides is 1. The van der Waals surface area contributed by atoms with E-state index in [1.54, 1.807) is 0 Å². The van der Waals surface area contributed by atoms with Crippen molar-refractivity contribution in [3.63, 3.8) is 0 Å². The van der Waals surface area contributed by atoms with Gasteiger partial charge in [-0.2, -0.15) is 11.8 Å². The number of thioether (sulfide) groups is 1. The fourth-order valence-corrected chi connectivity index (χ4v) is 3.86. The molecule has 2 rings (SSSR count). The van der Waals surface area contributed by atoms with Crippen molar-refractivity contribution in [2.75, 3.05) is 12.8 Å². The molecular formula is C13H24N2OS. The zero-order chi connectivity index (χ0) is 12.5. The maximum Gasteiger partial charge on any atom is 0.227 e. The van der Waals surface area contributed by atoms with Gasteiger partial charge in [-0.3, -0.25) is 4.79 Å². The third-order valence-corrected chi connectivity index (χ3v) is 6.24. The van der Waals surface area contributed by atoms with Gasteiger partial charge in [0.1, 0.15) is 0 Å². The molecule has 3 nitrogen and oxygen atoms in total. The van der Waals surface area contributed by atoms with Gasteiger partial charge in [-0.1, -0.05) is 12.8 Å². The summed E-state index contributed by atoms with van der Waals surface area (Å²) in [4.78, 5) is 12.3. The third kappa shape index (κ3) is 2.34. The largest absolute Gasteiger partial charge is 0.354 e. The molecule has 2 atom stereocenters. The first-order valence-electron chi connectivity index (χ1n) is 6.61. The number of nitrogens with one attached hydrogen (secondary N) is 1. The lowest BCUT2D eigenvalue weighted by Gasteiger charge is -2.41. The molecule has 0 bridgehead atoms. The third-order valence-electron chi connectivity index (χ3n) is 4.82. The van der Waals surface area contributed by atoms with E-state index in [2.05, 4.69) is 11.6 Å². The lowest BCUT2D eigenvalue weighted by molar-refractivity contribution is -0.130. The Kier molecular flexibility index (Phi) is 3.74. The average molecular weight is 256 g/mol. The van der Waals surface area contributed by atoms with Gasteiger partial charge in [0.15, 0.2) is 0 Å². The van der Waals surface area contributed by atoms with E-state index >= 15 is 0 Å². The van der Waals surface area contributed by atoms with Crippen LogP contribution in [-0.2, 0) is 4.79 Å². The summed E-state index contributed by atoms with van der Waals surface area (Å²) in [6.45, 7) is 2.84. The van der Waals surface area contributed by atoms with Crippen molar-refractivity contribution in [2.45, 2.75) is 56.2 Å². The fourth-order valence-electron chi connectivity index (χ4n) is 2.94. The highest BCUT2D eigenvalue weighted by Crippen LogP contribution is 2.43. The Hall–Kier alpha value is -0.220. The minimum Gasteiger partial charge on any atom is -0.354 e. The highest BCUT2D eigenvalue weighted by Gasteiger charge is 2.44. The second-order valence-electron chi connectivity index (χ2n) is 5.84. The van der Waals surface area contributed by atoms with E-state index in [0.717, 1.165) is 25.8 Å². The minimum absolute atomic E-state index is 0.0362. The minimum atomic E-state index is -0.330. The zero-order valence-corrected chi connectivity index (χ0v) is 11.7. The quantitative estimate of drug-likeness (QED) is 0.808. The van der Waals surface area contributed by atoms with Gasteiger partial charge in [0.05, 0.1) is 5.41 Å². The molecule has 2 unspecified atom stereocenters. The number of hydrogen-bond acceptors (Lipinski definition) is 3. The molecule has 0 aromatic carbocycles. The molecule has 0 spiro atoms. The highest BCUT2D eigenvalue weighted by atomic mass is 32.2. The predicted molar refractivity (Wildman–Crippen MR) is 73.0 cm³/mol. The van der Waals surface area contributed by atoms with E-state index in [-0.39, 0.29) is 17.4 Å². The van der Waals surface area contributed by atoms with Crippen LogP contribution in [0.25, 0.3) is 0 Å². The average Bonchev–Trinajstić information content (AvgIpc) is 2.59. The Bertz CT molecular complexity index is 298. The first-order valence-corrected chi connectivity index (χ1v) is 7.84. The number of carbonyl (C=O) groups excluding carboxylic acids is 1. The molecule has 17 heavy (non-hydrogen) atoms. The summed E-state index contributed by atoms with van der Waals surface area (Å²) in [5.41, 5.74) is 5.74. The first-order chi connectivity index (χ1) is 8.02. The van der Waals surface area contributed by atoms with Crippen LogP contribution < -0.4 is 11.1 Å². The summed E-state index contributed by atoms with van der Waals surface area (Å²) >= 11 is 1.90. The molecule has 0 radical (unpaired) electrons. The van der Waals surface area contributed by atoms with Crippen LogP contribution in [0.4, 0.5) is 0 Å². The van der Waals surface area contributed by atoms with E-state index in [4.69, 9.17) is 5.73 Å². The maximum atomic E-state index is 12.3.